The lowest BCUT2D eigenvalue weighted by molar-refractivity contribution is 0.612. The topological polar surface area (TPSA) is 38.1 Å². The monoisotopic (exact) mass is 188 g/mol. The molecule has 1 aliphatic rings. The number of fused-ring (bicyclic) bond motifs is 1. The number of oxazole rings is 1. The van der Waals surface area contributed by atoms with Crippen LogP contribution >= 0.6 is 0 Å². The quantitative estimate of drug-likeness (QED) is 0.787. The summed E-state index contributed by atoms with van der Waals surface area (Å²) in [5, 5.41) is 3.28. The molecule has 1 heterocycles. The van der Waals surface area contributed by atoms with Gasteiger partial charge in [-0.05, 0) is 24.5 Å². The molecule has 2 atom stereocenters. The van der Waals surface area contributed by atoms with E-state index in [0.29, 0.717) is 12.1 Å². The second-order valence-electron chi connectivity index (χ2n) is 3.95. The molecule has 3 rings (SSSR count). The first kappa shape index (κ1) is 7.85. The molecule has 72 valence electrons. The van der Waals surface area contributed by atoms with Crippen LogP contribution in [-0.4, -0.2) is 11.0 Å². The van der Waals surface area contributed by atoms with Crippen molar-refractivity contribution in [2.45, 2.75) is 19.4 Å². The maximum atomic E-state index is 5.54. The zero-order valence-corrected chi connectivity index (χ0v) is 8.03. The van der Waals surface area contributed by atoms with Crippen molar-refractivity contribution in [3.63, 3.8) is 0 Å². The summed E-state index contributed by atoms with van der Waals surface area (Å²) in [5.41, 5.74) is 1.77. The minimum atomic E-state index is 0.558. The molecule has 0 amide bonds. The maximum Gasteiger partial charge on any atom is 0.295 e. The van der Waals surface area contributed by atoms with Crippen molar-refractivity contribution in [3.8, 4) is 0 Å². The van der Waals surface area contributed by atoms with Gasteiger partial charge in [-0.2, -0.15) is 4.98 Å². The van der Waals surface area contributed by atoms with Crippen LogP contribution in [0.1, 0.15) is 13.3 Å². The molecule has 1 aromatic heterocycles. The molecular formula is C11H12N2O. The second-order valence-corrected chi connectivity index (χ2v) is 3.95. The molecule has 0 saturated heterocycles. The molecule has 3 nitrogen and oxygen atoms in total. The van der Waals surface area contributed by atoms with Crippen molar-refractivity contribution in [3.05, 3.63) is 24.3 Å². The molecule has 1 N–H and O–H groups in total. The van der Waals surface area contributed by atoms with Crippen molar-refractivity contribution < 1.29 is 4.42 Å². The Balaban J connectivity index is 1.90. The van der Waals surface area contributed by atoms with Crippen LogP contribution in [-0.2, 0) is 0 Å². The standard InChI is InChI=1S/C11H12N2O/c1-7-6-9(7)13-11-12-8-4-2-3-5-10(8)14-11/h2-5,7,9H,6H2,1H3,(H,12,13). The number of benzene rings is 1. The number of aromatic nitrogens is 1. The van der Waals surface area contributed by atoms with Crippen LogP contribution in [0.5, 0.6) is 0 Å². The summed E-state index contributed by atoms with van der Waals surface area (Å²) in [6.45, 7) is 2.22. The van der Waals surface area contributed by atoms with E-state index in [2.05, 4.69) is 17.2 Å². The predicted octanol–water partition coefficient (Wildman–Crippen LogP) is 2.65. The van der Waals surface area contributed by atoms with Crippen molar-refractivity contribution >= 4 is 17.1 Å². The summed E-state index contributed by atoms with van der Waals surface area (Å²) in [5.74, 6) is 0.755. The van der Waals surface area contributed by atoms with Crippen LogP contribution < -0.4 is 5.32 Å². The van der Waals surface area contributed by atoms with Gasteiger partial charge in [0.25, 0.3) is 6.01 Å². The highest BCUT2D eigenvalue weighted by Crippen LogP contribution is 2.33. The van der Waals surface area contributed by atoms with Gasteiger partial charge < -0.3 is 9.73 Å². The molecule has 1 aromatic carbocycles. The van der Waals surface area contributed by atoms with E-state index in [1.54, 1.807) is 0 Å². The number of para-hydroxylation sites is 2. The fourth-order valence-corrected chi connectivity index (χ4v) is 1.62. The lowest BCUT2D eigenvalue weighted by Crippen LogP contribution is -2.02. The summed E-state index contributed by atoms with van der Waals surface area (Å²) in [4.78, 5) is 4.35. The predicted molar refractivity (Wildman–Crippen MR) is 55.2 cm³/mol. The number of nitrogens with one attached hydrogen (secondary N) is 1. The van der Waals surface area contributed by atoms with E-state index < -0.39 is 0 Å². The fourth-order valence-electron chi connectivity index (χ4n) is 1.62. The normalized spacial score (nSPS) is 25.2. The maximum absolute atomic E-state index is 5.54. The van der Waals surface area contributed by atoms with Crippen LogP contribution in [0, 0.1) is 5.92 Å². The van der Waals surface area contributed by atoms with E-state index in [0.717, 1.165) is 17.0 Å². The summed E-state index contributed by atoms with van der Waals surface area (Å²) in [7, 11) is 0. The Bertz CT molecular complexity index is 430. The Hall–Kier alpha value is -1.51. The second kappa shape index (κ2) is 2.74. The van der Waals surface area contributed by atoms with E-state index >= 15 is 0 Å². The molecule has 1 saturated carbocycles. The molecule has 14 heavy (non-hydrogen) atoms. The Labute approximate surface area is 82.1 Å². The lowest BCUT2D eigenvalue weighted by atomic mass is 10.3. The molecule has 0 radical (unpaired) electrons. The van der Waals surface area contributed by atoms with Gasteiger partial charge in [0.15, 0.2) is 5.58 Å². The first-order valence-electron chi connectivity index (χ1n) is 4.95. The van der Waals surface area contributed by atoms with Gasteiger partial charge in [-0.3, -0.25) is 0 Å². The lowest BCUT2D eigenvalue weighted by Gasteiger charge is -1.95. The van der Waals surface area contributed by atoms with Crippen molar-refractivity contribution in [2.75, 3.05) is 5.32 Å². The molecule has 3 heteroatoms. The minimum Gasteiger partial charge on any atom is -0.424 e. The zero-order chi connectivity index (χ0) is 9.54. The van der Waals surface area contributed by atoms with E-state index in [1.165, 1.54) is 6.42 Å². The van der Waals surface area contributed by atoms with Gasteiger partial charge >= 0.3 is 0 Å². The Kier molecular flexibility index (Phi) is 1.54. The molecule has 2 aromatic rings. The molecule has 0 bridgehead atoms. The number of hydrogen-bond donors (Lipinski definition) is 1. The number of rotatable bonds is 2. The Morgan fingerprint density at radius 3 is 2.93 bits per heavy atom. The largest absolute Gasteiger partial charge is 0.424 e. The summed E-state index contributed by atoms with van der Waals surface area (Å²) >= 11 is 0. The van der Waals surface area contributed by atoms with Crippen molar-refractivity contribution in [1.82, 2.24) is 4.98 Å². The first-order valence-corrected chi connectivity index (χ1v) is 4.95. The first-order chi connectivity index (χ1) is 6.83. The van der Waals surface area contributed by atoms with Gasteiger partial charge in [0.05, 0.1) is 0 Å². The van der Waals surface area contributed by atoms with Crippen LogP contribution in [0.25, 0.3) is 11.1 Å². The van der Waals surface area contributed by atoms with Crippen LogP contribution in [0.15, 0.2) is 28.7 Å². The van der Waals surface area contributed by atoms with Crippen molar-refractivity contribution in [2.24, 2.45) is 5.92 Å². The molecular weight excluding hydrogens is 176 g/mol. The zero-order valence-electron chi connectivity index (χ0n) is 8.03. The summed E-state index contributed by atoms with van der Waals surface area (Å²) < 4.78 is 5.54. The summed E-state index contributed by atoms with van der Waals surface area (Å²) in [6.07, 6.45) is 1.22. The third kappa shape index (κ3) is 1.25. The fraction of sp³-hybridized carbons (Fsp3) is 0.364. The van der Waals surface area contributed by atoms with Gasteiger partial charge in [-0.15, -0.1) is 0 Å². The average Bonchev–Trinajstić information content (AvgIpc) is 2.74. The van der Waals surface area contributed by atoms with Gasteiger partial charge in [-0.1, -0.05) is 19.1 Å². The van der Waals surface area contributed by atoms with Crippen LogP contribution in [0.3, 0.4) is 0 Å². The molecule has 2 unspecified atom stereocenters. The number of hydrogen-bond acceptors (Lipinski definition) is 3. The summed E-state index contributed by atoms with van der Waals surface area (Å²) in [6, 6.07) is 9.03. The highest BCUT2D eigenvalue weighted by molar-refractivity contribution is 5.74. The average molecular weight is 188 g/mol. The molecule has 1 aliphatic carbocycles. The third-order valence-corrected chi connectivity index (χ3v) is 2.71. The number of anilines is 1. The minimum absolute atomic E-state index is 0.558. The van der Waals surface area contributed by atoms with E-state index in [1.807, 2.05) is 24.3 Å². The molecule has 0 spiro atoms. The van der Waals surface area contributed by atoms with E-state index in [-0.39, 0.29) is 0 Å². The third-order valence-electron chi connectivity index (χ3n) is 2.71. The van der Waals surface area contributed by atoms with Crippen LogP contribution in [0.4, 0.5) is 6.01 Å². The number of nitrogens with zero attached hydrogens (tertiary/aromatic N) is 1. The van der Waals surface area contributed by atoms with E-state index in [4.69, 9.17) is 4.42 Å². The van der Waals surface area contributed by atoms with Gasteiger partial charge in [0.2, 0.25) is 0 Å². The van der Waals surface area contributed by atoms with Gasteiger partial charge in [0, 0.05) is 6.04 Å². The Morgan fingerprint density at radius 1 is 1.43 bits per heavy atom. The Morgan fingerprint density at radius 2 is 2.21 bits per heavy atom. The molecule has 1 fully saturated rings. The smallest absolute Gasteiger partial charge is 0.295 e. The SMILES string of the molecule is CC1CC1Nc1nc2ccccc2o1. The van der Waals surface area contributed by atoms with Crippen LogP contribution in [0.2, 0.25) is 0 Å². The van der Waals surface area contributed by atoms with Crippen molar-refractivity contribution in [1.29, 1.82) is 0 Å². The van der Waals surface area contributed by atoms with Gasteiger partial charge in [-0.25, -0.2) is 0 Å². The molecule has 0 aliphatic heterocycles. The van der Waals surface area contributed by atoms with E-state index in [9.17, 15) is 0 Å². The van der Waals surface area contributed by atoms with Gasteiger partial charge in [0.1, 0.15) is 5.52 Å². The highest BCUT2D eigenvalue weighted by atomic mass is 16.4. The highest BCUT2D eigenvalue weighted by Gasteiger charge is 2.33.